The van der Waals surface area contributed by atoms with Crippen LogP contribution in [0.1, 0.15) is 23.2 Å². The Morgan fingerprint density at radius 3 is 2.22 bits per heavy atom. The van der Waals surface area contributed by atoms with E-state index in [1.54, 1.807) is 31.4 Å². The molecule has 1 aromatic carbocycles. The van der Waals surface area contributed by atoms with Gasteiger partial charge in [-0.15, -0.1) is 0 Å². The van der Waals surface area contributed by atoms with Gasteiger partial charge in [-0.05, 0) is 48.9 Å². The van der Waals surface area contributed by atoms with Gasteiger partial charge in [-0.25, -0.2) is 4.79 Å². The molecule has 1 saturated carbocycles. The SMILES string of the molecule is COc1ccc(C(=O)OC2CC3C=CC3C2)cc1. The molecule has 0 N–H and O–H groups in total. The monoisotopic (exact) mass is 244 g/mol. The average Bonchev–Trinajstić information content (AvgIpc) is 2.66. The number of rotatable bonds is 3. The number of methoxy groups -OCH3 is 1. The van der Waals surface area contributed by atoms with Crippen molar-refractivity contribution in [3.05, 3.63) is 42.0 Å². The van der Waals surface area contributed by atoms with Crippen LogP contribution in [-0.2, 0) is 4.74 Å². The van der Waals surface area contributed by atoms with E-state index >= 15 is 0 Å². The lowest BCUT2D eigenvalue weighted by Crippen LogP contribution is -2.15. The van der Waals surface area contributed by atoms with Crippen LogP contribution in [0.5, 0.6) is 5.75 Å². The predicted octanol–water partition coefficient (Wildman–Crippen LogP) is 2.82. The van der Waals surface area contributed by atoms with Crippen molar-refractivity contribution in [3.63, 3.8) is 0 Å². The number of carbonyl (C=O) groups excluding carboxylic acids is 1. The molecule has 0 bridgehead atoms. The van der Waals surface area contributed by atoms with Gasteiger partial charge < -0.3 is 9.47 Å². The molecule has 2 aliphatic carbocycles. The lowest BCUT2D eigenvalue weighted by atomic mass is 9.86. The van der Waals surface area contributed by atoms with Gasteiger partial charge in [-0.2, -0.15) is 0 Å². The van der Waals surface area contributed by atoms with E-state index < -0.39 is 0 Å². The lowest BCUT2D eigenvalue weighted by Gasteiger charge is -2.19. The zero-order valence-electron chi connectivity index (χ0n) is 10.3. The molecule has 0 spiro atoms. The second-order valence-corrected chi connectivity index (χ2v) is 4.94. The normalized spacial score (nSPS) is 28.4. The Morgan fingerprint density at radius 2 is 1.72 bits per heavy atom. The molecule has 3 rings (SSSR count). The number of fused-ring (bicyclic) bond motifs is 1. The van der Waals surface area contributed by atoms with Crippen molar-refractivity contribution in [2.24, 2.45) is 11.8 Å². The second-order valence-electron chi connectivity index (χ2n) is 4.94. The molecule has 18 heavy (non-hydrogen) atoms. The van der Waals surface area contributed by atoms with Crippen molar-refractivity contribution in [2.75, 3.05) is 7.11 Å². The zero-order chi connectivity index (χ0) is 12.5. The van der Waals surface area contributed by atoms with Crippen molar-refractivity contribution in [3.8, 4) is 5.75 Å². The second kappa shape index (κ2) is 4.48. The Balaban J connectivity index is 1.60. The topological polar surface area (TPSA) is 35.5 Å². The third kappa shape index (κ3) is 2.01. The van der Waals surface area contributed by atoms with Crippen LogP contribution in [-0.4, -0.2) is 19.2 Å². The van der Waals surface area contributed by atoms with Gasteiger partial charge in [0.1, 0.15) is 11.9 Å². The molecule has 2 aliphatic rings. The smallest absolute Gasteiger partial charge is 0.338 e. The predicted molar refractivity (Wildman–Crippen MR) is 67.6 cm³/mol. The van der Waals surface area contributed by atoms with E-state index in [0.717, 1.165) is 18.6 Å². The van der Waals surface area contributed by atoms with Gasteiger partial charge in [0.15, 0.2) is 0 Å². The van der Waals surface area contributed by atoms with Crippen molar-refractivity contribution in [2.45, 2.75) is 18.9 Å². The number of hydrogen-bond donors (Lipinski definition) is 0. The molecule has 0 saturated heterocycles. The van der Waals surface area contributed by atoms with Crippen molar-refractivity contribution < 1.29 is 14.3 Å². The van der Waals surface area contributed by atoms with Crippen molar-refractivity contribution >= 4 is 5.97 Å². The summed E-state index contributed by atoms with van der Waals surface area (Å²) in [6.45, 7) is 0. The van der Waals surface area contributed by atoms with E-state index in [4.69, 9.17) is 9.47 Å². The molecule has 0 aliphatic heterocycles. The maximum atomic E-state index is 12.0. The van der Waals surface area contributed by atoms with Gasteiger partial charge in [-0.3, -0.25) is 0 Å². The van der Waals surface area contributed by atoms with Crippen LogP contribution >= 0.6 is 0 Å². The van der Waals surface area contributed by atoms with Crippen LogP contribution in [0, 0.1) is 11.8 Å². The lowest BCUT2D eigenvalue weighted by molar-refractivity contribution is 0.0310. The summed E-state index contributed by atoms with van der Waals surface area (Å²) < 4.78 is 10.6. The van der Waals surface area contributed by atoms with Gasteiger partial charge in [0.05, 0.1) is 12.7 Å². The molecule has 0 aromatic heterocycles. The maximum Gasteiger partial charge on any atom is 0.338 e. The highest BCUT2D eigenvalue weighted by molar-refractivity contribution is 5.89. The fourth-order valence-corrected chi connectivity index (χ4v) is 2.68. The zero-order valence-corrected chi connectivity index (χ0v) is 10.3. The Morgan fingerprint density at radius 1 is 1.11 bits per heavy atom. The fraction of sp³-hybridized carbons (Fsp3) is 0.400. The molecule has 1 fully saturated rings. The number of ether oxygens (including phenoxy) is 2. The van der Waals surface area contributed by atoms with Crippen LogP contribution in [0.2, 0.25) is 0 Å². The molecular weight excluding hydrogens is 228 g/mol. The Labute approximate surface area is 106 Å². The maximum absolute atomic E-state index is 12.0. The van der Waals surface area contributed by atoms with Crippen LogP contribution in [0.25, 0.3) is 0 Å². The number of hydrogen-bond acceptors (Lipinski definition) is 3. The van der Waals surface area contributed by atoms with Gasteiger partial charge in [0.2, 0.25) is 0 Å². The Hall–Kier alpha value is -1.77. The molecule has 2 unspecified atom stereocenters. The summed E-state index contributed by atoms with van der Waals surface area (Å²) in [5, 5.41) is 0. The van der Waals surface area contributed by atoms with Crippen LogP contribution in [0.3, 0.4) is 0 Å². The molecule has 94 valence electrons. The first-order valence-electron chi connectivity index (χ1n) is 6.29. The highest BCUT2D eigenvalue weighted by Gasteiger charge is 2.37. The molecule has 0 heterocycles. The summed E-state index contributed by atoms with van der Waals surface area (Å²) in [7, 11) is 1.61. The number of esters is 1. The molecule has 1 aromatic rings. The van der Waals surface area contributed by atoms with Crippen LogP contribution in [0.4, 0.5) is 0 Å². The summed E-state index contributed by atoms with van der Waals surface area (Å²) >= 11 is 0. The first-order valence-corrected chi connectivity index (χ1v) is 6.29. The first kappa shape index (κ1) is 11.3. The van der Waals surface area contributed by atoms with E-state index in [9.17, 15) is 4.79 Å². The van der Waals surface area contributed by atoms with Gasteiger partial charge in [0.25, 0.3) is 0 Å². The van der Waals surface area contributed by atoms with E-state index in [1.807, 2.05) is 0 Å². The largest absolute Gasteiger partial charge is 0.497 e. The van der Waals surface area contributed by atoms with Gasteiger partial charge in [0, 0.05) is 0 Å². The molecule has 0 amide bonds. The van der Waals surface area contributed by atoms with Crippen molar-refractivity contribution in [1.82, 2.24) is 0 Å². The third-order valence-corrected chi connectivity index (χ3v) is 3.82. The summed E-state index contributed by atoms with van der Waals surface area (Å²) in [5.41, 5.74) is 0.586. The van der Waals surface area contributed by atoms with Crippen molar-refractivity contribution in [1.29, 1.82) is 0 Å². The first-order chi connectivity index (χ1) is 8.76. The standard InChI is InChI=1S/C15H16O3/c1-17-13-6-4-10(5-7-13)15(16)18-14-8-11-2-3-12(11)9-14/h2-7,11-12,14H,8-9H2,1H3. The van der Waals surface area contributed by atoms with E-state index in [-0.39, 0.29) is 12.1 Å². The summed E-state index contributed by atoms with van der Waals surface area (Å²) in [6.07, 6.45) is 6.45. The quantitative estimate of drug-likeness (QED) is 0.606. The molecule has 0 radical (unpaired) electrons. The van der Waals surface area contributed by atoms with E-state index in [0.29, 0.717) is 17.4 Å². The average molecular weight is 244 g/mol. The number of benzene rings is 1. The van der Waals surface area contributed by atoms with Crippen LogP contribution < -0.4 is 4.74 Å². The van der Waals surface area contributed by atoms with E-state index in [2.05, 4.69) is 12.2 Å². The third-order valence-electron chi connectivity index (χ3n) is 3.82. The van der Waals surface area contributed by atoms with Gasteiger partial charge >= 0.3 is 5.97 Å². The van der Waals surface area contributed by atoms with Crippen LogP contribution in [0.15, 0.2) is 36.4 Å². The summed E-state index contributed by atoms with van der Waals surface area (Å²) in [4.78, 5) is 12.0. The number of carbonyl (C=O) groups is 1. The minimum absolute atomic E-state index is 0.0737. The minimum Gasteiger partial charge on any atom is -0.497 e. The van der Waals surface area contributed by atoms with E-state index in [1.165, 1.54) is 0 Å². The van der Waals surface area contributed by atoms with Gasteiger partial charge in [-0.1, -0.05) is 12.2 Å². The number of allylic oxidation sites excluding steroid dienone is 2. The summed E-state index contributed by atoms with van der Waals surface area (Å²) in [5.74, 6) is 1.79. The highest BCUT2D eigenvalue weighted by atomic mass is 16.5. The Kier molecular flexibility index (Phi) is 2.82. The summed E-state index contributed by atoms with van der Waals surface area (Å²) in [6, 6.07) is 7.03. The molecule has 2 atom stereocenters. The molecule has 3 nitrogen and oxygen atoms in total. The molecule has 3 heteroatoms. The Bertz CT molecular complexity index is 461. The fourth-order valence-electron chi connectivity index (χ4n) is 2.68. The minimum atomic E-state index is -0.232. The molecular formula is C15H16O3. The highest BCUT2D eigenvalue weighted by Crippen LogP contribution is 2.42.